The van der Waals surface area contributed by atoms with Crippen molar-refractivity contribution < 1.29 is 0 Å². The van der Waals surface area contributed by atoms with Crippen LogP contribution in [0.1, 0.15) is 47.3 Å². The summed E-state index contributed by atoms with van der Waals surface area (Å²) in [7, 11) is 1.88. The molecule has 4 rings (SSSR count). The summed E-state index contributed by atoms with van der Waals surface area (Å²) in [5, 5.41) is 15.5. The summed E-state index contributed by atoms with van der Waals surface area (Å²) in [4.78, 5) is 0. The first-order valence-corrected chi connectivity index (χ1v) is 8.90. The lowest BCUT2D eigenvalue weighted by Crippen LogP contribution is -2.30. The van der Waals surface area contributed by atoms with Crippen LogP contribution in [0.3, 0.4) is 0 Å². The molecule has 0 saturated heterocycles. The van der Waals surface area contributed by atoms with Crippen molar-refractivity contribution in [1.29, 1.82) is 0 Å². The van der Waals surface area contributed by atoms with Gasteiger partial charge < -0.3 is 5.32 Å². The van der Waals surface area contributed by atoms with Crippen LogP contribution in [0, 0.1) is 0 Å². The van der Waals surface area contributed by atoms with E-state index in [0.29, 0.717) is 12.5 Å². The minimum Gasteiger partial charge on any atom is -0.302 e. The Labute approximate surface area is 148 Å². The van der Waals surface area contributed by atoms with Crippen LogP contribution < -0.4 is 5.32 Å². The van der Waals surface area contributed by atoms with Crippen molar-refractivity contribution in [2.45, 2.75) is 37.8 Å². The number of aromatic nitrogens is 4. The molecule has 0 amide bonds. The number of hydrogen-bond acceptors (Lipinski definition) is 4. The molecule has 1 heterocycles. The maximum absolute atomic E-state index is 4.11. The molecule has 128 valence electrons. The molecular formula is C20H23N5. The van der Waals surface area contributed by atoms with Gasteiger partial charge in [-0.05, 0) is 46.4 Å². The maximum Gasteiger partial charge on any atom is 0.164 e. The van der Waals surface area contributed by atoms with Gasteiger partial charge in [-0.1, -0.05) is 54.6 Å². The van der Waals surface area contributed by atoms with E-state index in [1.165, 1.54) is 36.0 Å². The molecule has 3 aromatic rings. The van der Waals surface area contributed by atoms with Crippen molar-refractivity contribution in [3.63, 3.8) is 0 Å². The molecule has 1 N–H and O–H groups in total. The van der Waals surface area contributed by atoms with E-state index >= 15 is 0 Å². The molecule has 2 atom stereocenters. The van der Waals surface area contributed by atoms with Gasteiger partial charge in [0.25, 0.3) is 0 Å². The second-order valence-corrected chi connectivity index (χ2v) is 6.69. The van der Waals surface area contributed by atoms with Crippen molar-refractivity contribution in [3.8, 4) is 0 Å². The molecule has 1 aromatic heterocycles. The Morgan fingerprint density at radius 2 is 1.92 bits per heavy atom. The molecule has 1 aliphatic rings. The summed E-state index contributed by atoms with van der Waals surface area (Å²) in [6.45, 7) is 0.654. The van der Waals surface area contributed by atoms with Crippen molar-refractivity contribution in [2.24, 2.45) is 7.05 Å². The van der Waals surface area contributed by atoms with E-state index in [1.807, 2.05) is 7.05 Å². The average Bonchev–Trinajstić information content (AvgIpc) is 3.08. The number of nitrogens with zero attached hydrogens (tertiary/aromatic N) is 4. The van der Waals surface area contributed by atoms with Crippen molar-refractivity contribution in [3.05, 3.63) is 77.1 Å². The molecule has 2 aromatic carbocycles. The number of fused-ring (bicyclic) bond motifs is 1. The van der Waals surface area contributed by atoms with E-state index in [2.05, 4.69) is 75.4 Å². The van der Waals surface area contributed by atoms with Gasteiger partial charge in [0.15, 0.2) is 5.82 Å². The van der Waals surface area contributed by atoms with Crippen molar-refractivity contribution in [1.82, 2.24) is 25.5 Å². The zero-order valence-electron chi connectivity index (χ0n) is 14.5. The first-order valence-electron chi connectivity index (χ1n) is 8.90. The van der Waals surface area contributed by atoms with Gasteiger partial charge in [-0.25, -0.2) is 4.68 Å². The van der Waals surface area contributed by atoms with Gasteiger partial charge in [0.2, 0.25) is 0 Å². The minimum atomic E-state index is 0.249. The predicted octanol–water partition coefficient (Wildman–Crippen LogP) is 3.16. The predicted molar refractivity (Wildman–Crippen MR) is 96.9 cm³/mol. The lowest BCUT2D eigenvalue weighted by molar-refractivity contribution is 0.393. The lowest BCUT2D eigenvalue weighted by atomic mass is 9.76. The monoisotopic (exact) mass is 333 g/mol. The highest BCUT2D eigenvalue weighted by atomic mass is 15.5. The molecule has 0 aliphatic heterocycles. The first kappa shape index (κ1) is 16.0. The molecule has 0 fully saturated rings. The topological polar surface area (TPSA) is 55.6 Å². The van der Waals surface area contributed by atoms with Gasteiger partial charge in [0, 0.05) is 19.0 Å². The van der Waals surface area contributed by atoms with Gasteiger partial charge in [0.1, 0.15) is 0 Å². The van der Waals surface area contributed by atoms with Crippen molar-refractivity contribution >= 4 is 0 Å². The van der Waals surface area contributed by atoms with E-state index in [-0.39, 0.29) is 6.04 Å². The third kappa shape index (κ3) is 3.33. The summed E-state index contributed by atoms with van der Waals surface area (Å²) in [5.74, 6) is 1.32. The van der Waals surface area contributed by atoms with E-state index in [4.69, 9.17) is 0 Å². The molecule has 25 heavy (non-hydrogen) atoms. The third-order valence-electron chi connectivity index (χ3n) is 5.16. The van der Waals surface area contributed by atoms with Crippen LogP contribution in [0.5, 0.6) is 0 Å². The van der Waals surface area contributed by atoms with Gasteiger partial charge in [-0.15, -0.1) is 5.10 Å². The molecule has 5 heteroatoms. The zero-order chi connectivity index (χ0) is 17.1. The zero-order valence-corrected chi connectivity index (χ0v) is 14.5. The Morgan fingerprint density at radius 1 is 1.12 bits per heavy atom. The summed E-state index contributed by atoms with van der Waals surface area (Å²) in [6.07, 6.45) is 3.61. The van der Waals surface area contributed by atoms with E-state index in [9.17, 15) is 0 Å². The van der Waals surface area contributed by atoms with Crippen LogP contribution in [0.15, 0.2) is 54.6 Å². The average molecular weight is 333 g/mol. The van der Waals surface area contributed by atoms with Crippen LogP contribution in [-0.2, 0) is 20.0 Å². The maximum atomic E-state index is 4.11. The molecule has 0 spiro atoms. The molecule has 0 saturated carbocycles. The van der Waals surface area contributed by atoms with Crippen LogP contribution >= 0.6 is 0 Å². The second-order valence-electron chi connectivity index (χ2n) is 6.69. The fourth-order valence-electron chi connectivity index (χ4n) is 3.89. The summed E-state index contributed by atoms with van der Waals surface area (Å²) in [5.41, 5.74) is 4.28. The standard InChI is InChI=1S/C20H23N5/c1-25-19(22-23-24-25)14-21-20(16-9-3-2-4-10-16)18-13-7-11-15-8-5-6-12-17(15)18/h2-6,8-10,12,18,20-21H,7,11,13-14H2,1H3. The fourth-order valence-corrected chi connectivity index (χ4v) is 3.89. The molecule has 5 nitrogen and oxygen atoms in total. The van der Waals surface area contributed by atoms with Gasteiger partial charge in [-0.3, -0.25) is 0 Å². The third-order valence-corrected chi connectivity index (χ3v) is 5.16. The van der Waals surface area contributed by atoms with Gasteiger partial charge in [-0.2, -0.15) is 0 Å². The van der Waals surface area contributed by atoms with Crippen molar-refractivity contribution in [2.75, 3.05) is 0 Å². The molecule has 1 aliphatic carbocycles. The SMILES string of the molecule is Cn1nnnc1CNC(c1ccccc1)C1CCCc2ccccc21. The largest absolute Gasteiger partial charge is 0.302 e. The number of benzene rings is 2. The number of hydrogen-bond donors (Lipinski definition) is 1. The highest BCUT2D eigenvalue weighted by molar-refractivity contribution is 5.36. The highest BCUT2D eigenvalue weighted by Gasteiger charge is 2.28. The van der Waals surface area contributed by atoms with Crippen LogP contribution in [0.25, 0.3) is 0 Å². The van der Waals surface area contributed by atoms with Gasteiger partial charge in [0.05, 0.1) is 6.54 Å². The second kappa shape index (κ2) is 7.15. The van der Waals surface area contributed by atoms with Gasteiger partial charge >= 0.3 is 0 Å². The lowest BCUT2D eigenvalue weighted by Gasteiger charge is -2.33. The Kier molecular flexibility index (Phi) is 4.57. The Balaban J connectivity index is 1.65. The van der Waals surface area contributed by atoms with Crippen LogP contribution in [0.2, 0.25) is 0 Å². The fraction of sp³-hybridized carbons (Fsp3) is 0.350. The molecule has 2 unspecified atom stereocenters. The molecule has 0 bridgehead atoms. The summed E-state index contributed by atoms with van der Waals surface area (Å²) >= 11 is 0. The number of rotatable bonds is 5. The summed E-state index contributed by atoms with van der Waals surface area (Å²) in [6, 6.07) is 19.8. The minimum absolute atomic E-state index is 0.249. The molecular weight excluding hydrogens is 310 g/mol. The Bertz CT molecular complexity index is 827. The quantitative estimate of drug-likeness (QED) is 0.779. The first-order chi connectivity index (χ1) is 12.3. The normalized spacial score (nSPS) is 17.9. The van der Waals surface area contributed by atoms with Crippen LogP contribution in [0.4, 0.5) is 0 Å². The van der Waals surface area contributed by atoms with E-state index < -0.39 is 0 Å². The Hall–Kier alpha value is -2.53. The Morgan fingerprint density at radius 3 is 2.72 bits per heavy atom. The summed E-state index contributed by atoms with van der Waals surface area (Å²) < 4.78 is 1.73. The number of aryl methyl sites for hydroxylation is 2. The molecule has 0 radical (unpaired) electrons. The van der Waals surface area contributed by atoms with E-state index in [1.54, 1.807) is 4.68 Å². The van der Waals surface area contributed by atoms with E-state index in [0.717, 1.165) is 5.82 Å². The highest BCUT2D eigenvalue weighted by Crippen LogP contribution is 2.40. The van der Waals surface area contributed by atoms with Crippen LogP contribution in [-0.4, -0.2) is 20.2 Å². The number of nitrogens with one attached hydrogen (secondary N) is 1. The smallest absolute Gasteiger partial charge is 0.164 e. The number of tetrazole rings is 1.